The van der Waals surface area contributed by atoms with Crippen LogP contribution in [0.25, 0.3) is 11.0 Å². The number of nitrogens with one attached hydrogen (secondary N) is 1. The summed E-state index contributed by atoms with van der Waals surface area (Å²) in [6.07, 6.45) is 1.50. The van der Waals surface area contributed by atoms with Crippen LogP contribution in [0.2, 0.25) is 0 Å². The van der Waals surface area contributed by atoms with Crippen molar-refractivity contribution in [3.63, 3.8) is 0 Å². The van der Waals surface area contributed by atoms with Crippen molar-refractivity contribution in [1.29, 1.82) is 0 Å². The van der Waals surface area contributed by atoms with E-state index in [0.29, 0.717) is 24.4 Å². The van der Waals surface area contributed by atoms with E-state index in [2.05, 4.69) is 5.32 Å². The fourth-order valence-corrected chi connectivity index (χ4v) is 3.28. The molecule has 1 atom stereocenters. The first kappa shape index (κ1) is 18.1. The molecule has 0 radical (unpaired) electrons. The smallest absolute Gasteiger partial charge is 0.336 e. The minimum atomic E-state index is -0.418. The Hall–Kier alpha value is -2.67. The van der Waals surface area contributed by atoms with Gasteiger partial charge >= 0.3 is 5.63 Å². The van der Waals surface area contributed by atoms with Gasteiger partial charge in [0.25, 0.3) is 0 Å². The number of carbonyl (C=O) groups is 2. The lowest BCUT2D eigenvalue weighted by Gasteiger charge is -2.31. The minimum absolute atomic E-state index is 0.0252. The van der Waals surface area contributed by atoms with Gasteiger partial charge in [0.2, 0.25) is 11.8 Å². The molecule has 2 heterocycles. The monoisotopic (exact) mass is 358 g/mol. The first-order valence-electron chi connectivity index (χ1n) is 8.60. The number of amides is 2. The maximum absolute atomic E-state index is 12.6. The summed E-state index contributed by atoms with van der Waals surface area (Å²) in [4.78, 5) is 37.8. The highest BCUT2D eigenvalue weighted by atomic mass is 16.5. The van der Waals surface area contributed by atoms with Crippen LogP contribution in [-0.4, -0.2) is 43.5 Å². The van der Waals surface area contributed by atoms with Crippen molar-refractivity contribution in [2.75, 3.05) is 32.1 Å². The Labute approximate surface area is 150 Å². The summed E-state index contributed by atoms with van der Waals surface area (Å²) < 4.78 is 10.1. The molecule has 26 heavy (non-hydrogen) atoms. The summed E-state index contributed by atoms with van der Waals surface area (Å²) in [6, 6.07) is 6.69. The third kappa shape index (κ3) is 3.94. The molecular formula is C19H22N2O5. The average molecular weight is 358 g/mol. The van der Waals surface area contributed by atoms with Gasteiger partial charge in [-0.1, -0.05) is 0 Å². The molecule has 0 aliphatic carbocycles. The predicted molar refractivity (Wildman–Crippen MR) is 97.0 cm³/mol. The van der Waals surface area contributed by atoms with E-state index in [4.69, 9.17) is 9.15 Å². The second kappa shape index (κ2) is 7.70. The van der Waals surface area contributed by atoms with Crippen LogP contribution in [0.3, 0.4) is 0 Å². The zero-order chi connectivity index (χ0) is 18.7. The van der Waals surface area contributed by atoms with E-state index in [-0.39, 0.29) is 24.3 Å². The van der Waals surface area contributed by atoms with Gasteiger partial charge in [-0.15, -0.1) is 0 Å². The van der Waals surface area contributed by atoms with Gasteiger partial charge in [0.05, 0.1) is 5.92 Å². The van der Waals surface area contributed by atoms with Gasteiger partial charge in [0.1, 0.15) is 12.2 Å². The molecular weight excluding hydrogens is 336 g/mol. The molecule has 1 fully saturated rings. The van der Waals surface area contributed by atoms with Crippen molar-refractivity contribution < 1.29 is 18.7 Å². The van der Waals surface area contributed by atoms with Gasteiger partial charge in [-0.05, 0) is 37.5 Å². The molecule has 0 bridgehead atoms. The van der Waals surface area contributed by atoms with Crippen molar-refractivity contribution in [2.45, 2.75) is 19.8 Å². The lowest BCUT2D eigenvalue weighted by atomic mass is 9.97. The van der Waals surface area contributed by atoms with Gasteiger partial charge in [0.15, 0.2) is 0 Å². The Kier molecular flexibility index (Phi) is 5.37. The summed E-state index contributed by atoms with van der Waals surface area (Å²) in [7, 11) is 1.48. The van der Waals surface area contributed by atoms with Gasteiger partial charge in [-0.25, -0.2) is 4.79 Å². The SMILES string of the molecule is COCC(=O)N1CCCC(C(=O)Nc2ccc3c(C)cc(=O)oc3c2)C1. The number of nitrogens with zero attached hydrogens (tertiary/aromatic N) is 1. The van der Waals surface area contributed by atoms with Gasteiger partial charge in [-0.2, -0.15) is 0 Å². The summed E-state index contributed by atoms with van der Waals surface area (Å²) >= 11 is 0. The largest absolute Gasteiger partial charge is 0.423 e. The summed E-state index contributed by atoms with van der Waals surface area (Å²) in [6.45, 7) is 2.89. The Morgan fingerprint density at radius 1 is 1.35 bits per heavy atom. The number of piperidine rings is 1. The third-order valence-corrected chi connectivity index (χ3v) is 4.63. The van der Waals surface area contributed by atoms with Gasteiger partial charge in [0, 0.05) is 43.4 Å². The fraction of sp³-hybridized carbons (Fsp3) is 0.421. The number of aryl methyl sites for hydroxylation is 1. The van der Waals surface area contributed by atoms with Crippen LogP contribution in [0.1, 0.15) is 18.4 Å². The number of hydrogen-bond acceptors (Lipinski definition) is 5. The average Bonchev–Trinajstić information content (AvgIpc) is 2.61. The second-order valence-corrected chi connectivity index (χ2v) is 6.56. The number of rotatable bonds is 4. The van der Waals surface area contributed by atoms with Crippen LogP contribution in [0.4, 0.5) is 5.69 Å². The number of fused-ring (bicyclic) bond motifs is 1. The molecule has 1 saturated heterocycles. The first-order valence-corrected chi connectivity index (χ1v) is 8.60. The maximum atomic E-state index is 12.6. The fourth-order valence-electron chi connectivity index (χ4n) is 3.28. The minimum Gasteiger partial charge on any atom is -0.423 e. The van der Waals surface area contributed by atoms with E-state index in [1.165, 1.54) is 13.2 Å². The lowest BCUT2D eigenvalue weighted by molar-refractivity contribution is -0.138. The number of methoxy groups -OCH3 is 1. The highest BCUT2D eigenvalue weighted by Gasteiger charge is 2.28. The highest BCUT2D eigenvalue weighted by molar-refractivity contribution is 5.95. The maximum Gasteiger partial charge on any atom is 0.336 e. The van der Waals surface area contributed by atoms with E-state index in [1.54, 1.807) is 17.0 Å². The van der Waals surface area contributed by atoms with Crippen LogP contribution < -0.4 is 10.9 Å². The van der Waals surface area contributed by atoms with Crippen molar-refractivity contribution in [1.82, 2.24) is 4.90 Å². The molecule has 1 aliphatic rings. The highest BCUT2D eigenvalue weighted by Crippen LogP contribution is 2.23. The zero-order valence-electron chi connectivity index (χ0n) is 14.9. The van der Waals surface area contributed by atoms with E-state index in [0.717, 1.165) is 23.8 Å². The Balaban J connectivity index is 1.72. The molecule has 2 aromatic rings. The van der Waals surface area contributed by atoms with Crippen LogP contribution >= 0.6 is 0 Å². The zero-order valence-corrected chi connectivity index (χ0v) is 14.9. The normalized spacial score (nSPS) is 17.3. The molecule has 0 saturated carbocycles. The van der Waals surface area contributed by atoms with Crippen molar-refractivity contribution in [3.05, 3.63) is 40.2 Å². The van der Waals surface area contributed by atoms with Crippen molar-refractivity contribution in [2.24, 2.45) is 5.92 Å². The quantitative estimate of drug-likeness (QED) is 0.844. The molecule has 1 unspecified atom stereocenters. The van der Waals surface area contributed by atoms with Crippen LogP contribution in [0, 0.1) is 12.8 Å². The van der Waals surface area contributed by atoms with Gasteiger partial charge in [-0.3, -0.25) is 9.59 Å². The van der Waals surface area contributed by atoms with Crippen LogP contribution in [-0.2, 0) is 14.3 Å². The van der Waals surface area contributed by atoms with E-state index in [9.17, 15) is 14.4 Å². The Bertz CT molecular complexity index is 889. The topological polar surface area (TPSA) is 88.9 Å². The molecule has 0 spiro atoms. The van der Waals surface area contributed by atoms with Crippen LogP contribution in [0.15, 0.2) is 33.5 Å². The summed E-state index contributed by atoms with van der Waals surface area (Å²) in [5.41, 5.74) is 1.41. The number of likely N-dealkylation sites (tertiary alicyclic amines) is 1. The molecule has 7 nitrogen and oxygen atoms in total. The molecule has 1 aromatic heterocycles. The van der Waals surface area contributed by atoms with Crippen molar-refractivity contribution >= 4 is 28.5 Å². The van der Waals surface area contributed by atoms with Crippen molar-refractivity contribution in [3.8, 4) is 0 Å². The molecule has 1 N–H and O–H groups in total. The molecule has 3 rings (SSSR count). The number of carbonyl (C=O) groups excluding carboxylic acids is 2. The molecule has 2 amide bonds. The number of benzene rings is 1. The Morgan fingerprint density at radius 2 is 2.15 bits per heavy atom. The first-order chi connectivity index (χ1) is 12.5. The number of hydrogen-bond donors (Lipinski definition) is 1. The van der Waals surface area contributed by atoms with E-state index >= 15 is 0 Å². The molecule has 1 aromatic carbocycles. The van der Waals surface area contributed by atoms with E-state index < -0.39 is 5.63 Å². The number of ether oxygens (including phenoxy) is 1. The molecule has 7 heteroatoms. The molecule has 138 valence electrons. The van der Waals surface area contributed by atoms with Crippen LogP contribution in [0.5, 0.6) is 0 Å². The lowest BCUT2D eigenvalue weighted by Crippen LogP contribution is -2.45. The second-order valence-electron chi connectivity index (χ2n) is 6.56. The van der Waals surface area contributed by atoms with Gasteiger partial charge < -0.3 is 19.4 Å². The predicted octanol–water partition coefficient (Wildman–Crippen LogP) is 1.92. The summed E-state index contributed by atoms with van der Waals surface area (Å²) in [5, 5.41) is 3.69. The standard InChI is InChI=1S/C19H22N2O5/c1-12-8-18(23)26-16-9-14(5-6-15(12)16)20-19(24)13-4-3-7-21(10-13)17(22)11-25-2/h5-6,8-9,13H,3-4,7,10-11H2,1-2H3,(H,20,24). The number of anilines is 1. The Morgan fingerprint density at radius 3 is 2.92 bits per heavy atom. The third-order valence-electron chi connectivity index (χ3n) is 4.63. The summed E-state index contributed by atoms with van der Waals surface area (Å²) in [5.74, 6) is -0.521. The molecule has 1 aliphatic heterocycles. The van der Waals surface area contributed by atoms with E-state index in [1.807, 2.05) is 13.0 Å².